The van der Waals surface area contributed by atoms with Crippen LogP contribution in [0.5, 0.6) is 0 Å². The molecular formula is C15H30O2. The molecule has 0 amide bonds. The molecule has 17 heavy (non-hydrogen) atoms. The van der Waals surface area contributed by atoms with Crippen LogP contribution < -0.4 is 0 Å². The van der Waals surface area contributed by atoms with Gasteiger partial charge in [0.05, 0.1) is 12.2 Å². The van der Waals surface area contributed by atoms with E-state index in [0.29, 0.717) is 18.3 Å². The van der Waals surface area contributed by atoms with Crippen molar-refractivity contribution >= 4 is 0 Å². The number of aliphatic hydroxyl groups excluding tert-OH is 2. The van der Waals surface area contributed by atoms with Gasteiger partial charge in [-0.2, -0.15) is 0 Å². The molecule has 1 fully saturated rings. The van der Waals surface area contributed by atoms with Crippen LogP contribution in [-0.4, -0.2) is 22.4 Å². The monoisotopic (exact) mass is 242 g/mol. The fraction of sp³-hybridized carbons (Fsp3) is 1.00. The van der Waals surface area contributed by atoms with Crippen LogP contribution in [0, 0.1) is 17.3 Å². The molecule has 1 saturated carbocycles. The molecule has 0 spiro atoms. The van der Waals surface area contributed by atoms with E-state index in [1.165, 1.54) is 19.3 Å². The van der Waals surface area contributed by atoms with Gasteiger partial charge in [0.1, 0.15) is 0 Å². The Labute approximate surface area is 106 Å². The minimum absolute atomic E-state index is 0.211. The zero-order chi connectivity index (χ0) is 13.1. The van der Waals surface area contributed by atoms with Gasteiger partial charge >= 0.3 is 0 Å². The highest BCUT2D eigenvalue weighted by Crippen LogP contribution is 2.46. The first-order chi connectivity index (χ1) is 7.88. The molecule has 0 radical (unpaired) electrons. The lowest BCUT2D eigenvalue weighted by Crippen LogP contribution is -2.42. The molecule has 2 heteroatoms. The molecule has 4 unspecified atom stereocenters. The van der Waals surface area contributed by atoms with Crippen molar-refractivity contribution in [3.05, 3.63) is 0 Å². The van der Waals surface area contributed by atoms with Crippen molar-refractivity contribution in [2.45, 2.75) is 78.4 Å². The van der Waals surface area contributed by atoms with Gasteiger partial charge in [-0.05, 0) is 36.5 Å². The highest BCUT2D eigenvalue weighted by atomic mass is 16.3. The summed E-state index contributed by atoms with van der Waals surface area (Å²) < 4.78 is 0. The lowest BCUT2D eigenvalue weighted by molar-refractivity contribution is -0.0494. The maximum absolute atomic E-state index is 10.4. The number of hydrogen-bond donors (Lipinski definition) is 2. The van der Waals surface area contributed by atoms with Crippen LogP contribution in [0.3, 0.4) is 0 Å². The Kier molecular flexibility index (Phi) is 5.46. The minimum atomic E-state index is -0.346. The van der Waals surface area contributed by atoms with Crippen molar-refractivity contribution in [3.8, 4) is 0 Å². The quantitative estimate of drug-likeness (QED) is 0.776. The first-order valence-corrected chi connectivity index (χ1v) is 7.24. The van der Waals surface area contributed by atoms with Crippen molar-refractivity contribution in [2.24, 2.45) is 17.3 Å². The van der Waals surface area contributed by atoms with Gasteiger partial charge in [-0.15, -0.1) is 0 Å². The van der Waals surface area contributed by atoms with Crippen molar-refractivity contribution in [3.63, 3.8) is 0 Å². The Morgan fingerprint density at radius 3 is 2.47 bits per heavy atom. The lowest BCUT2D eigenvalue weighted by atomic mass is 9.61. The van der Waals surface area contributed by atoms with E-state index in [1.54, 1.807) is 0 Å². The summed E-state index contributed by atoms with van der Waals surface area (Å²) in [6.45, 7) is 8.86. The van der Waals surface area contributed by atoms with Crippen LogP contribution in [0.4, 0.5) is 0 Å². The average molecular weight is 242 g/mol. The van der Waals surface area contributed by atoms with Crippen LogP contribution in [0.2, 0.25) is 0 Å². The normalized spacial score (nSPS) is 32.1. The molecule has 4 atom stereocenters. The van der Waals surface area contributed by atoms with E-state index in [4.69, 9.17) is 0 Å². The van der Waals surface area contributed by atoms with Gasteiger partial charge < -0.3 is 10.2 Å². The van der Waals surface area contributed by atoms with E-state index >= 15 is 0 Å². The molecule has 0 aromatic rings. The lowest BCUT2D eigenvalue weighted by Gasteiger charge is -2.45. The minimum Gasteiger partial charge on any atom is -0.393 e. The molecule has 1 rings (SSSR count). The molecule has 0 aromatic heterocycles. The fourth-order valence-electron chi connectivity index (χ4n) is 3.77. The Hall–Kier alpha value is -0.0800. The van der Waals surface area contributed by atoms with Crippen LogP contribution in [0.1, 0.15) is 66.2 Å². The second-order valence-corrected chi connectivity index (χ2v) is 6.63. The summed E-state index contributed by atoms with van der Waals surface area (Å²) >= 11 is 0. The predicted molar refractivity (Wildman–Crippen MR) is 71.8 cm³/mol. The van der Waals surface area contributed by atoms with Crippen LogP contribution in [-0.2, 0) is 0 Å². The summed E-state index contributed by atoms with van der Waals surface area (Å²) in [6.07, 6.45) is 5.34. The topological polar surface area (TPSA) is 40.5 Å². The molecule has 102 valence electrons. The Bertz CT molecular complexity index is 225. The third-order valence-electron chi connectivity index (χ3n) is 4.55. The molecule has 0 aromatic carbocycles. The largest absolute Gasteiger partial charge is 0.393 e. The molecule has 0 heterocycles. The highest BCUT2D eigenvalue weighted by Gasteiger charge is 2.41. The molecule has 0 aliphatic heterocycles. The van der Waals surface area contributed by atoms with Crippen molar-refractivity contribution in [2.75, 3.05) is 0 Å². The standard InChI is InChI=1S/C15H30O2/c1-5-7-12(16)10-13(17)14-11(2)8-6-9-15(14,3)4/h11-14,16-17H,5-10H2,1-4H3. The van der Waals surface area contributed by atoms with E-state index in [9.17, 15) is 10.2 Å². The third kappa shape index (κ3) is 3.96. The van der Waals surface area contributed by atoms with Gasteiger partial charge in [-0.25, -0.2) is 0 Å². The summed E-state index contributed by atoms with van der Waals surface area (Å²) in [7, 11) is 0. The van der Waals surface area contributed by atoms with E-state index < -0.39 is 0 Å². The van der Waals surface area contributed by atoms with Gasteiger partial charge in [-0.3, -0.25) is 0 Å². The summed E-state index contributed by atoms with van der Waals surface area (Å²) in [6, 6.07) is 0. The second-order valence-electron chi connectivity index (χ2n) is 6.63. The average Bonchev–Trinajstić information content (AvgIpc) is 2.15. The summed E-state index contributed by atoms with van der Waals surface area (Å²) in [5.41, 5.74) is 0.211. The van der Waals surface area contributed by atoms with E-state index in [2.05, 4.69) is 27.7 Å². The van der Waals surface area contributed by atoms with E-state index in [1.807, 2.05) is 0 Å². The van der Waals surface area contributed by atoms with E-state index in [-0.39, 0.29) is 17.6 Å². The smallest absolute Gasteiger partial charge is 0.0600 e. The van der Waals surface area contributed by atoms with Gasteiger partial charge in [0.25, 0.3) is 0 Å². The molecule has 0 saturated heterocycles. The van der Waals surface area contributed by atoms with Gasteiger partial charge in [-0.1, -0.05) is 47.0 Å². The molecule has 0 bridgehead atoms. The highest BCUT2D eigenvalue weighted by molar-refractivity contribution is 4.91. The maximum Gasteiger partial charge on any atom is 0.0600 e. The zero-order valence-electron chi connectivity index (χ0n) is 11.9. The number of hydrogen-bond acceptors (Lipinski definition) is 2. The summed E-state index contributed by atoms with van der Waals surface area (Å²) in [4.78, 5) is 0. The Morgan fingerprint density at radius 1 is 1.29 bits per heavy atom. The van der Waals surface area contributed by atoms with Crippen LogP contribution in [0.15, 0.2) is 0 Å². The molecule has 2 nitrogen and oxygen atoms in total. The number of rotatable bonds is 5. The second kappa shape index (κ2) is 6.19. The SMILES string of the molecule is CCCC(O)CC(O)C1C(C)CCCC1(C)C. The molecular weight excluding hydrogens is 212 g/mol. The molecule has 1 aliphatic rings. The Balaban J connectivity index is 2.61. The number of aliphatic hydroxyl groups is 2. The first-order valence-electron chi connectivity index (χ1n) is 7.24. The molecule has 1 aliphatic carbocycles. The fourth-order valence-corrected chi connectivity index (χ4v) is 3.77. The van der Waals surface area contributed by atoms with Crippen molar-refractivity contribution in [1.82, 2.24) is 0 Å². The predicted octanol–water partition coefficient (Wildman–Crippen LogP) is 3.36. The zero-order valence-corrected chi connectivity index (χ0v) is 11.9. The summed E-state index contributed by atoms with van der Waals surface area (Å²) in [5.74, 6) is 0.908. The molecule has 2 N–H and O–H groups in total. The maximum atomic E-state index is 10.4. The van der Waals surface area contributed by atoms with Crippen molar-refractivity contribution in [1.29, 1.82) is 0 Å². The van der Waals surface area contributed by atoms with Crippen LogP contribution in [0.25, 0.3) is 0 Å². The van der Waals surface area contributed by atoms with Gasteiger partial charge in [0.2, 0.25) is 0 Å². The van der Waals surface area contributed by atoms with E-state index in [0.717, 1.165) is 12.8 Å². The Morgan fingerprint density at radius 2 is 1.94 bits per heavy atom. The van der Waals surface area contributed by atoms with Crippen LogP contribution >= 0.6 is 0 Å². The van der Waals surface area contributed by atoms with Gasteiger partial charge in [0, 0.05) is 0 Å². The van der Waals surface area contributed by atoms with Gasteiger partial charge in [0.15, 0.2) is 0 Å². The first kappa shape index (κ1) is 15.0. The summed E-state index contributed by atoms with van der Waals surface area (Å²) in [5, 5.41) is 20.3. The van der Waals surface area contributed by atoms with Crippen molar-refractivity contribution < 1.29 is 10.2 Å². The third-order valence-corrected chi connectivity index (χ3v) is 4.55.